The zero-order valence-corrected chi connectivity index (χ0v) is 15.9. The molecule has 0 fully saturated rings. The number of hydrogen-bond acceptors (Lipinski definition) is 5. The van der Waals surface area contributed by atoms with Crippen molar-refractivity contribution in [2.24, 2.45) is 0 Å². The summed E-state index contributed by atoms with van der Waals surface area (Å²) in [6.07, 6.45) is 6.08. The molecule has 0 radical (unpaired) electrons. The largest absolute Gasteiger partial charge is 0.467 e. The Labute approximate surface area is 167 Å². The number of nitrogens with one attached hydrogen (secondary N) is 1. The van der Waals surface area contributed by atoms with E-state index in [0.717, 1.165) is 11.1 Å². The number of urea groups is 1. The summed E-state index contributed by atoms with van der Waals surface area (Å²) in [5.74, 6) is -0.543. The Bertz CT molecular complexity index is 977. The Hall–Kier alpha value is -3.49. The van der Waals surface area contributed by atoms with Crippen LogP contribution in [0.25, 0.3) is 5.57 Å². The highest BCUT2D eigenvalue weighted by molar-refractivity contribution is 5.95. The van der Waals surface area contributed by atoms with Crippen molar-refractivity contribution in [1.29, 1.82) is 0 Å². The third kappa shape index (κ3) is 4.03. The van der Waals surface area contributed by atoms with Crippen LogP contribution in [0, 0.1) is 5.82 Å². The lowest BCUT2D eigenvalue weighted by Gasteiger charge is -2.32. The molecule has 1 aromatic carbocycles. The summed E-state index contributed by atoms with van der Waals surface area (Å²) in [6, 6.07) is 4.11. The SMILES string of the molecule is COc1ncc(C2=CCCN(C(=O)CN3Cc4cc(F)ccc4NC3=O)C2)cn1. The minimum Gasteiger partial charge on any atom is -0.467 e. The number of nitrogens with zero attached hydrogens (tertiary/aromatic N) is 4. The van der Waals surface area contributed by atoms with Crippen LogP contribution >= 0.6 is 0 Å². The van der Waals surface area contributed by atoms with Crippen molar-refractivity contribution in [1.82, 2.24) is 19.8 Å². The van der Waals surface area contributed by atoms with Crippen LogP contribution < -0.4 is 10.1 Å². The zero-order chi connectivity index (χ0) is 20.4. The van der Waals surface area contributed by atoms with Crippen LogP contribution in [0.3, 0.4) is 0 Å². The summed E-state index contributed by atoms with van der Waals surface area (Å²) in [7, 11) is 1.50. The van der Waals surface area contributed by atoms with Crippen molar-refractivity contribution in [3.05, 3.63) is 53.6 Å². The number of carbonyl (C=O) groups is 2. The topological polar surface area (TPSA) is 87.7 Å². The first kappa shape index (κ1) is 18.9. The molecule has 0 bridgehead atoms. The molecule has 8 nitrogen and oxygen atoms in total. The van der Waals surface area contributed by atoms with Gasteiger partial charge in [-0.25, -0.2) is 19.2 Å². The van der Waals surface area contributed by atoms with Gasteiger partial charge in [0.25, 0.3) is 0 Å². The number of rotatable bonds is 4. The second-order valence-corrected chi connectivity index (χ2v) is 6.88. The van der Waals surface area contributed by atoms with E-state index in [1.165, 1.54) is 30.2 Å². The Kier molecular flexibility index (Phi) is 5.11. The molecular weight excluding hydrogens is 377 g/mol. The number of aromatic nitrogens is 2. The van der Waals surface area contributed by atoms with Crippen molar-refractivity contribution >= 4 is 23.2 Å². The number of ether oxygens (including phenoxy) is 1. The maximum Gasteiger partial charge on any atom is 0.322 e. The van der Waals surface area contributed by atoms with Gasteiger partial charge in [-0.1, -0.05) is 6.08 Å². The molecule has 29 heavy (non-hydrogen) atoms. The minimum atomic E-state index is -0.376. The van der Waals surface area contributed by atoms with Gasteiger partial charge in [0.05, 0.1) is 13.7 Å². The van der Waals surface area contributed by atoms with Crippen LogP contribution in [-0.2, 0) is 11.3 Å². The first-order valence-electron chi connectivity index (χ1n) is 9.21. The number of halogens is 1. The van der Waals surface area contributed by atoms with Crippen molar-refractivity contribution < 1.29 is 18.7 Å². The van der Waals surface area contributed by atoms with Gasteiger partial charge < -0.3 is 19.9 Å². The van der Waals surface area contributed by atoms with E-state index in [4.69, 9.17) is 4.74 Å². The number of hydrogen-bond donors (Lipinski definition) is 1. The van der Waals surface area contributed by atoms with Gasteiger partial charge in [-0.05, 0) is 35.8 Å². The fourth-order valence-corrected chi connectivity index (χ4v) is 3.43. The maximum atomic E-state index is 13.5. The highest BCUT2D eigenvalue weighted by Gasteiger charge is 2.27. The highest BCUT2D eigenvalue weighted by Crippen LogP contribution is 2.25. The Morgan fingerprint density at radius 3 is 2.83 bits per heavy atom. The first-order valence-corrected chi connectivity index (χ1v) is 9.21. The molecule has 2 aliphatic heterocycles. The van der Waals surface area contributed by atoms with E-state index in [0.29, 0.717) is 30.8 Å². The number of benzene rings is 1. The average molecular weight is 397 g/mol. The first-order chi connectivity index (χ1) is 14.0. The molecular formula is C20H20FN5O3. The van der Waals surface area contributed by atoms with Gasteiger partial charge >= 0.3 is 12.0 Å². The summed E-state index contributed by atoms with van der Waals surface area (Å²) in [4.78, 5) is 36.4. The Balaban J connectivity index is 1.42. The number of fused-ring (bicyclic) bond motifs is 1. The van der Waals surface area contributed by atoms with Gasteiger partial charge in [0, 0.05) is 36.7 Å². The molecule has 1 aromatic heterocycles. The van der Waals surface area contributed by atoms with Gasteiger partial charge in [0.2, 0.25) is 5.91 Å². The quantitative estimate of drug-likeness (QED) is 0.855. The van der Waals surface area contributed by atoms with Gasteiger partial charge in [-0.15, -0.1) is 0 Å². The van der Waals surface area contributed by atoms with Crippen LogP contribution in [0.4, 0.5) is 14.9 Å². The fraction of sp³-hybridized carbons (Fsp3) is 0.300. The molecule has 2 aromatic rings. The molecule has 9 heteroatoms. The standard InChI is InChI=1S/C20H20FN5O3/c1-29-19-22-8-15(9-23-19)13-3-2-6-25(10-13)18(27)12-26-11-14-7-16(21)4-5-17(14)24-20(26)28/h3-5,7-9H,2,6,10-12H2,1H3,(H,24,28). The molecule has 1 N–H and O–H groups in total. The molecule has 0 atom stereocenters. The van der Waals surface area contributed by atoms with Gasteiger partial charge in [0.1, 0.15) is 12.4 Å². The average Bonchev–Trinajstić information content (AvgIpc) is 2.74. The molecule has 3 heterocycles. The monoisotopic (exact) mass is 397 g/mol. The molecule has 0 unspecified atom stereocenters. The highest BCUT2D eigenvalue weighted by atomic mass is 19.1. The molecule has 150 valence electrons. The van der Waals surface area contributed by atoms with Crippen LogP contribution in [-0.4, -0.2) is 58.5 Å². The molecule has 0 aliphatic carbocycles. The second kappa shape index (κ2) is 7.86. The molecule has 0 spiro atoms. The number of carbonyl (C=O) groups excluding carboxylic acids is 2. The smallest absolute Gasteiger partial charge is 0.322 e. The predicted octanol–water partition coefficient (Wildman–Crippen LogP) is 2.29. The van der Waals surface area contributed by atoms with Crippen molar-refractivity contribution in [2.45, 2.75) is 13.0 Å². The van der Waals surface area contributed by atoms with Crippen molar-refractivity contribution in [3.63, 3.8) is 0 Å². The van der Waals surface area contributed by atoms with Crippen LogP contribution in [0.5, 0.6) is 6.01 Å². The summed E-state index contributed by atoms with van der Waals surface area (Å²) < 4.78 is 18.5. The van der Waals surface area contributed by atoms with E-state index in [-0.39, 0.29) is 36.9 Å². The normalized spacial score (nSPS) is 16.1. The van der Waals surface area contributed by atoms with E-state index < -0.39 is 0 Å². The van der Waals surface area contributed by atoms with Gasteiger partial charge in [0.15, 0.2) is 0 Å². The minimum absolute atomic E-state index is 0.0752. The Morgan fingerprint density at radius 2 is 2.07 bits per heavy atom. The number of amides is 3. The number of methoxy groups -OCH3 is 1. The summed E-state index contributed by atoms with van der Waals surface area (Å²) in [5, 5.41) is 2.70. The third-order valence-electron chi connectivity index (χ3n) is 4.97. The zero-order valence-electron chi connectivity index (χ0n) is 15.9. The second-order valence-electron chi connectivity index (χ2n) is 6.88. The lowest BCUT2D eigenvalue weighted by Crippen LogP contribution is -2.47. The van der Waals surface area contributed by atoms with Crippen molar-refractivity contribution in [3.8, 4) is 6.01 Å². The Morgan fingerprint density at radius 1 is 1.28 bits per heavy atom. The van der Waals surface area contributed by atoms with Crippen LogP contribution in [0.15, 0.2) is 36.7 Å². The lowest BCUT2D eigenvalue weighted by molar-refractivity contribution is -0.131. The molecule has 2 aliphatic rings. The van der Waals surface area contributed by atoms with Crippen molar-refractivity contribution in [2.75, 3.05) is 32.1 Å². The van der Waals surface area contributed by atoms with Gasteiger partial charge in [-0.2, -0.15) is 0 Å². The number of anilines is 1. The predicted molar refractivity (Wildman–Crippen MR) is 104 cm³/mol. The summed E-state index contributed by atoms with van der Waals surface area (Å²) in [5.41, 5.74) is 2.99. The van der Waals surface area contributed by atoms with E-state index >= 15 is 0 Å². The lowest BCUT2D eigenvalue weighted by atomic mass is 10.0. The van der Waals surface area contributed by atoms with Gasteiger partial charge in [-0.3, -0.25) is 4.79 Å². The van der Waals surface area contributed by atoms with E-state index in [2.05, 4.69) is 21.4 Å². The molecule has 3 amide bonds. The fourth-order valence-electron chi connectivity index (χ4n) is 3.43. The van der Waals surface area contributed by atoms with E-state index in [9.17, 15) is 14.0 Å². The molecule has 0 saturated carbocycles. The van der Waals surface area contributed by atoms with Crippen LogP contribution in [0.1, 0.15) is 17.5 Å². The van der Waals surface area contributed by atoms with E-state index in [1.54, 1.807) is 17.3 Å². The summed E-state index contributed by atoms with van der Waals surface area (Å²) >= 11 is 0. The molecule has 4 rings (SSSR count). The van der Waals surface area contributed by atoms with E-state index in [1.807, 2.05) is 0 Å². The summed E-state index contributed by atoms with van der Waals surface area (Å²) in [6.45, 7) is 1.09. The maximum absolute atomic E-state index is 13.5. The molecule has 0 saturated heterocycles. The van der Waals surface area contributed by atoms with Crippen LogP contribution in [0.2, 0.25) is 0 Å². The third-order valence-corrected chi connectivity index (χ3v) is 4.97.